The summed E-state index contributed by atoms with van der Waals surface area (Å²) in [6, 6.07) is 2.17. The summed E-state index contributed by atoms with van der Waals surface area (Å²) in [6.07, 6.45) is 5.25. The molecule has 0 radical (unpaired) electrons. The van der Waals surface area contributed by atoms with Crippen molar-refractivity contribution in [2.24, 2.45) is 5.92 Å². The number of hydrogen-bond donors (Lipinski definition) is 1. The number of aromatic nitrogens is 2. The van der Waals surface area contributed by atoms with Gasteiger partial charge in [-0.25, -0.2) is 4.98 Å². The Morgan fingerprint density at radius 3 is 2.81 bits per heavy atom. The summed E-state index contributed by atoms with van der Waals surface area (Å²) in [5.41, 5.74) is 0.752. The van der Waals surface area contributed by atoms with Crippen molar-refractivity contribution < 1.29 is 5.11 Å². The van der Waals surface area contributed by atoms with Crippen molar-refractivity contribution in [2.75, 3.05) is 0 Å². The fourth-order valence-corrected chi connectivity index (χ4v) is 1.82. The molecule has 0 saturated heterocycles. The zero-order valence-corrected chi connectivity index (χ0v) is 9.93. The molecule has 1 aromatic rings. The summed E-state index contributed by atoms with van der Waals surface area (Å²) in [5, 5.41) is 19.1. The lowest BCUT2D eigenvalue weighted by Crippen LogP contribution is -2.15. The molecule has 0 saturated carbocycles. The number of hydrogen-bond acceptors (Lipinski definition) is 3. The Labute approximate surface area is 96.5 Å². The zero-order valence-electron chi connectivity index (χ0n) is 9.93. The first kappa shape index (κ1) is 12.7. The van der Waals surface area contributed by atoms with E-state index in [0.717, 1.165) is 31.5 Å². The molecule has 1 N–H and O–H groups in total. The Bertz CT molecular complexity index is 353. The van der Waals surface area contributed by atoms with Gasteiger partial charge in [0.25, 0.3) is 0 Å². The van der Waals surface area contributed by atoms with E-state index in [1.165, 1.54) is 0 Å². The van der Waals surface area contributed by atoms with Gasteiger partial charge < -0.3 is 9.67 Å². The van der Waals surface area contributed by atoms with Crippen molar-refractivity contribution >= 4 is 0 Å². The van der Waals surface area contributed by atoms with Crippen LogP contribution in [0.25, 0.3) is 0 Å². The van der Waals surface area contributed by atoms with Crippen LogP contribution >= 0.6 is 0 Å². The summed E-state index contributed by atoms with van der Waals surface area (Å²) < 4.78 is 1.92. The molecule has 4 heteroatoms. The summed E-state index contributed by atoms with van der Waals surface area (Å²) in [4.78, 5) is 4.03. The van der Waals surface area contributed by atoms with Crippen molar-refractivity contribution in [3.05, 3.63) is 18.2 Å². The van der Waals surface area contributed by atoms with Crippen molar-refractivity contribution in [3.8, 4) is 6.07 Å². The molecule has 0 amide bonds. The lowest BCUT2D eigenvalue weighted by Gasteiger charge is -2.17. The average molecular weight is 221 g/mol. The molecule has 2 unspecified atom stereocenters. The predicted molar refractivity (Wildman–Crippen MR) is 61.5 cm³/mol. The van der Waals surface area contributed by atoms with E-state index in [1.54, 1.807) is 12.5 Å². The van der Waals surface area contributed by atoms with Crippen LogP contribution < -0.4 is 0 Å². The van der Waals surface area contributed by atoms with Gasteiger partial charge in [-0.15, -0.1) is 0 Å². The predicted octanol–water partition coefficient (Wildman–Crippen LogP) is 2.27. The minimum Gasteiger partial charge on any atom is -0.385 e. The second-order valence-electron chi connectivity index (χ2n) is 3.98. The van der Waals surface area contributed by atoms with E-state index in [1.807, 2.05) is 11.5 Å². The molecule has 88 valence electrons. The maximum absolute atomic E-state index is 10.1. The fourth-order valence-electron chi connectivity index (χ4n) is 1.82. The highest BCUT2D eigenvalue weighted by Crippen LogP contribution is 2.25. The van der Waals surface area contributed by atoms with Crippen molar-refractivity contribution in [2.45, 2.75) is 45.8 Å². The molecule has 1 aromatic heterocycles. The number of aryl methyl sites for hydroxylation is 1. The molecule has 1 rings (SSSR count). The second-order valence-corrected chi connectivity index (χ2v) is 3.98. The van der Waals surface area contributed by atoms with Crippen LogP contribution in [0.1, 0.15) is 44.9 Å². The van der Waals surface area contributed by atoms with Crippen molar-refractivity contribution in [1.82, 2.24) is 9.55 Å². The second kappa shape index (κ2) is 6.29. The first-order chi connectivity index (χ1) is 7.74. The fraction of sp³-hybridized carbons (Fsp3) is 0.667. The lowest BCUT2D eigenvalue weighted by atomic mass is 9.96. The van der Waals surface area contributed by atoms with E-state index in [9.17, 15) is 5.11 Å². The van der Waals surface area contributed by atoms with Gasteiger partial charge in [-0.3, -0.25) is 0 Å². The van der Waals surface area contributed by atoms with E-state index >= 15 is 0 Å². The van der Waals surface area contributed by atoms with Crippen LogP contribution in [0.5, 0.6) is 0 Å². The zero-order chi connectivity index (χ0) is 12.0. The SMILES string of the molecule is CCCC(C#N)C(O)c1cncn1CCC. The van der Waals surface area contributed by atoms with Gasteiger partial charge >= 0.3 is 0 Å². The standard InChI is InChI=1S/C12H19N3O/c1-3-5-10(7-13)12(16)11-8-14-9-15(11)6-4-2/h8-10,12,16H,3-6H2,1-2H3. The normalized spacial score (nSPS) is 14.4. The Kier molecular flexibility index (Phi) is 5.00. The van der Waals surface area contributed by atoms with E-state index in [4.69, 9.17) is 5.26 Å². The molecule has 4 nitrogen and oxygen atoms in total. The summed E-state index contributed by atoms with van der Waals surface area (Å²) in [6.45, 7) is 4.92. The lowest BCUT2D eigenvalue weighted by molar-refractivity contribution is 0.121. The monoisotopic (exact) mass is 221 g/mol. The highest BCUT2D eigenvalue weighted by molar-refractivity contribution is 5.08. The molecule has 1 heterocycles. The first-order valence-electron chi connectivity index (χ1n) is 5.82. The number of nitriles is 1. The van der Waals surface area contributed by atoms with E-state index < -0.39 is 6.10 Å². The molecule has 2 atom stereocenters. The first-order valence-corrected chi connectivity index (χ1v) is 5.82. The summed E-state index contributed by atoms with van der Waals surface area (Å²) in [7, 11) is 0. The van der Waals surface area contributed by atoms with Crippen LogP contribution in [-0.2, 0) is 6.54 Å². The quantitative estimate of drug-likeness (QED) is 0.801. The smallest absolute Gasteiger partial charge is 0.111 e. The Balaban J connectivity index is 2.81. The van der Waals surface area contributed by atoms with E-state index in [0.29, 0.717) is 0 Å². The maximum atomic E-state index is 10.1. The Morgan fingerprint density at radius 1 is 1.50 bits per heavy atom. The van der Waals surface area contributed by atoms with Gasteiger partial charge in [-0.2, -0.15) is 5.26 Å². The van der Waals surface area contributed by atoms with Crippen molar-refractivity contribution in [1.29, 1.82) is 5.26 Å². The van der Waals surface area contributed by atoms with E-state index in [2.05, 4.69) is 18.0 Å². The van der Waals surface area contributed by atoms with Gasteiger partial charge in [0, 0.05) is 6.54 Å². The van der Waals surface area contributed by atoms with Crippen LogP contribution in [0.15, 0.2) is 12.5 Å². The molecule has 0 aromatic carbocycles. The highest BCUT2D eigenvalue weighted by Gasteiger charge is 2.22. The topological polar surface area (TPSA) is 61.8 Å². The Hall–Kier alpha value is -1.34. The Morgan fingerprint density at radius 2 is 2.25 bits per heavy atom. The van der Waals surface area contributed by atoms with Crippen molar-refractivity contribution in [3.63, 3.8) is 0 Å². The largest absolute Gasteiger partial charge is 0.385 e. The summed E-state index contributed by atoms with van der Waals surface area (Å²) >= 11 is 0. The van der Waals surface area contributed by atoms with Gasteiger partial charge in [0.2, 0.25) is 0 Å². The number of aliphatic hydroxyl groups excluding tert-OH is 1. The summed E-state index contributed by atoms with van der Waals surface area (Å²) in [5.74, 6) is -0.336. The van der Waals surface area contributed by atoms with Crippen LogP contribution in [-0.4, -0.2) is 14.7 Å². The van der Waals surface area contributed by atoms with Gasteiger partial charge in [-0.05, 0) is 12.8 Å². The molecule has 0 aliphatic carbocycles. The number of rotatable bonds is 6. The minimum atomic E-state index is -0.723. The average Bonchev–Trinajstić information content (AvgIpc) is 2.73. The third-order valence-electron chi connectivity index (χ3n) is 2.66. The van der Waals surface area contributed by atoms with Crippen LogP contribution in [0.4, 0.5) is 0 Å². The van der Waals surface area contributed by atoms with Gasteiger partial charge in [0.15, 0.2) is 0 Å². The maximum Gasteiger partial charge on any atom is 0.111 e. The third kappa shape index (κ3) is 2.83. The minimum absolute atomic E-state index is 0.336. The molecule has 16 heavy (non-hydrogen) atoms. The number of nitrogens with zero attached hydrogens (tertiary/aromatic N) is 3. The third-order valence-corrected chi connectivity index (χ3v) is 2.66. The van der Waals surface area contributed by atoms with Crippen LogP contribution in [0, 0.1) is 17.2 Å². The van der Waals surface area contributed by atoms with E-state index in [-0.39, 0.29) is 5.92 Å². The highest BCUT2D eigenvalue weighted by atomic mass is 16.3. The molecule has 0 bridgehead atoms. The molecule has 0 fully saturated rings. The number of imidazole rings is 1. The number of aliphatic hydroxyl groups is 1. The molecular formula is C12H19N3O. The van der Waals surface area contributed by atoms with Crippen LogP contribution in [0.2, 0.25) is 0 Å². The molecule has 0 spiro atoms. The van der Waals surface area contributed by atoms with Gasteiger partial charge in [0.1, 0.15) is 6.10 Å². The van der Waals surface area contributed by atoms with Gasteiger partial charge in [-0.1, -0.05) is 20.3 Å². The molecule has 0 aliphatic heterocycles. The molecular weight excluding hydrogens is 202 g/mol. The van der Waals surface area contributed by atoms with Gasteiger partial charge in [0.05, 0.1) is 30.2 Å². The van der Waals surface area contributed by atoms with Crippen LogP contribution in [0.3, 0.4) is 0 Å². The molecule has 0 aliphatic rings.